The molecule has 3 nitrogen and oxygen atoms in total. The Morgan fingerprint density at radius 2 is 1.67 bits per heavy atom. The van der Waals surface area contributed by atoms with Crippen molar-refractivity contribution in [3.05, 3.63) is 54.2 Å². The van der Waals surface area contributed by atoms with Crippen molar-refractivity contribution in [2.24, 2.45) is 0 Å². The fourth-order valence-electron chi connectivity index (χ4n) is 4.58. The third kappa shape index (κ3) is 2.10. The quantitative estimate of drug-likeness (QED) is 0.505. The Morgan fingerprint density at radius 1 is 0.926 bits per heavy atom. The number of pyridine rings is 1. The molecule has 27 heavy (non-hydrogen) atoms. The maximum absolute atomic E-state index is 10.5. The zero-order valence-corrected chi connectivity index (χ0v) is 17.5. The summed E-state index contributed by atoms with van der Waals surface area (Å²) in [4.78, 5) is 4.70. The normalized spacial score (nSPS) is 15.3. The van der Waals surface area contributed by atoms with Gasteiger partial charge in [0.1, 0.15) is 19.6 Å². The minimum atomic E-state index is -1.78. The van der Waals surface area contributed by atoms with Crippen molar-refractivity contribution in [3.8, 4) is 11.6 Å². The molecule has 1 aliphatic heterocycles. The Hall–Kier alpha value is -2.59. The summed E-state index contributed by atoms with van der Waals surface area (Å²) in [5.41, 5.74) is 3.56. The predicted molar refractivity (Wildman–Crippen MR) is 116 cm³/mol. The molecule has 0 unspecified atom stereocenters. The maximum atomic E-state index is 10.5. The van der Waals surface area contributed by atoms with Crippen LogP contribution in [0, 0.1) is 0 Å². The van der Waals surface area contributed by atoms with Crippen molar-refractivity contribution < 1.29 is 5.11 Å². The fourth-order valence-corrected chi connectivity index (χ4v) is 7.65. The Balaban J connectivity index is 1.94. The fraction of sp³-hybridized carbons (Fsp3) is 0.261. The SMILES string of the molecule is CC(C)(C)c1ccnc(-n2c3cccc4c3c3c(cc(O)cc32)[Si]4(C)C)c1. The van der Waals surface area contributed by atoms with Crippen molar-refractivity contribution in [1.29, 1.82) is 0 Å². The molecule has 3 heterocycles. The predicted octanol–water partition coefficient (Wildman–Crippen LogP) is 4.32. The number of aromatic hydroxyl groups is 1. The van der Waals surface area contributed by atoms with E-state index in [1.54, 1.807) is 0 Å². The summed E-state index contributed by atoms with van der Waals surface area (Å²) in [7, 11) is -1.78. The van der Waals surface area contributed by atoms with Gasteiger partial charge in [0.2, 0.25) is 0 Å². The van der Waals surface area contributed by atoms with Crippen LogP contribution in [0.25, 0.3) is 27.6 Å². The van der Waals surface area contributed by atoms with Crippen LogP contribution >= 0.6 is 0 Å². The van der Waals surface area contributed by atoms with Crippen molar-refractivity contribution in [2.75, 3.05) is 0 Å². The van der Waals surface area contributed by atoms with Gasteiger partial charge in [-0.1, -0.05) is 46.0 Å². The van der Waals surface area contributed by atoms with E-state index >= 15 is 0 Å². The molecule has 0 bridgehead atoms. The number of rotatable bonds is 1. The largest absolute Gasteiger partial charge is 0.508 e. The van der Waals surface area contributed by atoms with Crippen LogP contribution in [0.2, 0.25) is 13.1 Å². The number of phenolic OH excluding ortho intramolecular Hbond substituents is 1. The van der Waals surface area contributed by atoms with E-state index in [2.05, 4.69) is 68.8 Å². The van der Waals surface area contributed by atoms with Gasteiger partial charge in [0.05, 0.1) is 11.0 Å². The van der Waals surface area contributed by atoms with Crippen molar-refractivity contribution in [2.45, 2.75) is 39.3 Å². The zero-order valence-electron chi connectivity index (χ0n) is 16.5. The smallest absolute Gasteiger partial charge is 0.137 e. The second-order valence-electron chi connectivity index (χ2n) is 9.20. The lowest BCUT2D eigenvalue weighted by Gasteiger charge is -2.22. The van der Waals surface area contributed by atoms with Crippen LogP contribution < -0.4 is 10.4 Å². The van der Waals surface area contributed by atoms with Gasteiger partial charge in [0, 0.05) is 23.0 Å². The summed E-state index contributed by atoms with van der Waals surface area (Å²) in [5.74, 6) is 1.25. The minimum absolute atomic E-state index is 0.0564. The summed E-state index contributed by atoms with van der Waals surface area (Å²) >= 11 is 0. The van der Waals surface area contributed by atoms with E-state index in [-0.39, 0.29) is 5.41 Å². The molecule has 0 spiro atoms. The summed E-state index contributed by atoms with van der Waals surface area (Å²) in [5, 5.41) is 15.9. The molecule has 0 aliphatic carbocycles. The molecule has 0 fully saturated rings. The summed E-state index contributed by atoms with van der Waals surface area (Å²) in [6, 6.07) is 14.8. The first-order valence-electron chi connectivity index (χ1n) is 9.47. The van der Waals surface area contributed by atoms with Crippen LogP contribution in [-0.4, -0.2) is 22.7 Å². The lowest BCUT2D eigenvalue weighted by molar-refractivity contribution is 0.476. The van der Waals surface area contributed by atoms with Crippen LogP contribution in [0.15, 0.2) is 48.7 Å². The number of hydrogen-bond acceptors (Lipinski definition) is 2. The molecule has 4 aromatic rings. The average Bonchev–Trinajstić information content (AvgIpc) is 3.04. The van der Waals surface area contributed by atoms with Crippen LogP contribution in [0.3, 0.4) is 0 Å². The Bertz CT molecular complexity index is 1240. The van der Waals surface area contributed by atoms with Gasteiger partial charge in [-0.3, -0.25) is 4.57 Å². The average molecular weight is 373 g/mol. The molecule has 1 N–H and O–H groups in total. The summed E-state index contributed by atoms with van der Waals surface area (Å²) in [6.45, 7) is 11.4. The molecule has 0 radical (unpaired) electrons. The molecular weight excluding hydrogens is 348 g/mol. The van der Waals surface area contributed by atoms with Gasteiger partial charge >= 0.3 is 0 Å². The van der Waals surface area contributed by atoms with Gasteiger partial charge < -0.3 is 5.11 Å². The Kier molecular flexibility index (Phi) is 3.08. The highest BCUT2D eigenvalue weighted by Crippen LogP contribution is 2.37. The molecule has 136 valence electrons. The summed E-state index contributed by atoms with van der Waals surface area (Å²) in [6.07, 6.45) is 1.89. The molecule has 0 saturated heterocycles. The van der Waals surface area contributed by atoms with E-state index in [9.17, 15) is 5.11 Å². The second-order valence-corrected chi connectivity index (χ2v) is 13.5. The van der Waals surface area contributed by atoms with E-state index < -0.39 is 8.07 Å². The highest BCUT2D eigenvalue weighted by atomic mass is 28.3. The van der Waals surface area contributed by atoms with Gasteiger partial charge in [0.15, 0.2) is 0 Å². The van der Waals surface area contributed by atoms with Crippen LogP contribution in [0.5, 0.6) is 5.75 Å². The molecule has 2 aromatic carbocycles. The molecule has 0 amide bonds. The molecule has 2 aromatic heterocycles. The first-order chi connectivity index (χ1) is 12.7. The monoisotopic (exact) mass is 372 g/mol. The van der Waals surface area contributed by atoms with Gasteiger partial charge in [-0.05, 0) is 45.6 Å². The molecule has 0 atom stereocenters. The molecule has 0 saturated carbocycles. The first kappa shape index (κ1) is 16.6. The van der Waals surface area contributed by atoms with Gasteiger partial charge in [-0.2, -0.15) is 0 Å². The maximum Gasteiger partial charge on any atom is 0.137 e. The third-order valence-electron chi connectivity index (χ3n) is 6.06. The van der Waals surface area contributed by atoms with E-state index in [4.69, 9.17) is 4.98 Å². The highest BCUT2D eigenvalue weighted by molar-refractivity contribution is 7.05. The lowest BCUT2D eigenvalue weighted by atomic mass is 9.88. The molecule has 4 heteroatoms. The number of phenols is 1. The molecule has 5 rings (SSSR count). The van der Waals surface area contributed by atoms with Crippen molar-refractivity contribution in [3.63, 3.8) is 0 Å². The standard InChI is InChI=1S/C23H24N2OSi/c1-23(2,3)14-9-10-24-20(11-14)25-16-7-6-8-18-21(16)22-17(25)12-15(26)13-19(22)27(18,4)5/h6-13,26H,1-5H3. The zero-order chi connectivity index (χ0) is 19.1. The van der Waals surface area contributed by atoms with E-state index in [1.807, 2.05) is 18.3 Å². The van der Waals surface area contributed by atoms with Gasteiger partial charge in [-0.25, -0.2) is 4.98 Å². The van der Waals surface area contributed by atoms with E-state index in [1.165, 1.54) is 32.2 Å². The third-order valence-corrected chi connectivity index (χ3v) is 9.57. The van der Waals surface area contributed by atoms with E-state index in [0.29, 0.717) is 5.75 Å². The molecule has 1 aliphatic rings. The topological polar surface area (TPSA) is 38.0 Å². The van der Waals surface area contributed by atoms with Crippen LogP contribution in [-0.2, 0) is 5.41 Å². The van der Waals surface area contributed by atoms with Gasteiger partial charge in [0.25, 0.3) is 0 Å². The van der Waals surface area contributed by atoms with Crippen molar-refractivity contribution >= 4 is 40.3 Å². The lowest BCUT2D eigenvalue weighted by Crippen LogP contribution is -2.49. The number of hydrogen-bond donors (Lipinski definition) is 1. The highest BCUT2D eigenvalue weighted by Gasteiger charge is 2.38. The second kappa shape index (κ2) is 5.02. The number of benzene rings is 2. The minimum Gasteiger partial charge on any atom is -0.508 e. The van der Waals surface area contributed by atoms with Crippen LogP contribution in [0.4, 0.5) is 0 Å². The van der Waals surface area contributed by atoms with Crippen molar-refractivity contribution in [1.82, 2.24) is 9.55 Å². The molecular formula is C23H24N2OSi. The summed E-state index contributed by atoms with van der Waals surface area (Å²) < 4.78 is 2.22. The number of aromatic nitrogens is 2. The van der Waals surface area contributed by atoms with Gasteiger partial charge in [-0.15, -0.1) is 0 Å². The number of nitrogens with zero attached hydrogens (tertiary/aromatic N) is 2. The first-order valence-corrected chi connectivity index (χ1v) is 12.5. The Morgan fingerprint density at radius 3 is 2.41 bits per heavy atom. The van der Waals surface area contributed by atoms with E-state index in [0.717, 1.165) is 11.3 Å². The Labute approximate surface area is 160 Å². The van der Waals surface area contributed by atoms with Crippen LogP contribution in [0.1, 0.15) is 26.3 Å².